The highest BCUT2D eigenvalue weighted by atomic mass is 16.5. The lowest BCUT2D eigenvalue weighted by Crippen LogP contribution is -2.41. The van der Waals surface area contributed by atoms with Gasteiger partial charge in [-0.3, -0.25) is 0 Å². The lowest BCUT2D eigenvalue weighted by Gasteiger charge is -2.32. The van der Waals surface area contributed by atoms with Gasteiger partial charge in [0.1, 0.15) is 0 Å². The molecule has 1 N–H and O–H groups in total. The van der Waals surface area contributed by atoms with Crippen LogP contribution in [0.3, 0.4) is 0 Å². The van der Waals surface area contributed by atoms with Crippen molar-refractivity contribution >= 4 is 0 Å². The largest absolute Gasteiger partial charge is 0.390 e. The molecule has 0 heterocycles. The summed E-state index contributed by atoms with van der Waals surface area (Å²) in [4.78, 5) is 0. The number of rotatable bonds is 3. The standard InChI is InChI=1S/C9H18O2/c1-3-8(10)9(11-2)6-4-5-7-9/h8,10H,3-7H2,1-2H3. The van der Waals surface area contributed by atoms with Gasteiger partial charge in [-0.05, 0) is 19.3 Å². The van der Waals surface area contributed by atoms with Gasteiger partial charge in [0.05, 0.1) is 11.7 Å². The molecule has 1 fully saturated rings. The molecule has 0 spiro atoms. The highest BCUT2D eigenvalue weighted by Crippen LogP contribution is 2.36. The Hall–Kier alpha value is -0.0800. The Morgan fingerprint density at radius 3 is 2.36 bits per heavy atom. The van der Waals surface area contributed by atoms with E-state index in [4.69, 9.17) is 4.74 Å². The van der Waals surface area contributed by atoms with E-state index < -0.39 is 0 Å². The highest BCUT2D eigenvalue weighted by molar-refractivity contribution is 4.91. The van der Waals surface area contributed by atoms with E-state index in [-0.39, 0.29) is 11.7 Å². The van der Waals surface area contributed by atoms with Gasteiger partial charge in [0.25, 0.3) is 0 Å². The van der Waals surface area contributed by atoms with E-state index in [1.54, 1.807) is 7.11 Å². The normalized spacial score (nSPS) is 25.4. The van der Waals surface area contributed by atoms with Gasteiger partial charge in [-0.1, -0.05) is 19.8 Å². The molecule has 0 radical (unpaired) electrons. The molecule has 0 aromatic heterocycles. The number of hydrogen-bond acceptors (Lipinski definition) is 2. The van der Waals surface area contributed by atoms with Crippen LogP contribution in [-0.2, 0) is 4.74 Å². The SMILES string of the molecule is CCC(O)C1(OC)CCCC1. The molecule has 0 bridgehead atoms. The molecule has 2 nitrogen and oxygen atoms in total. The summed E-state index contributed by atoms with van der Waals surface area (Å²) in [6.07, 6.45) is 4.98. The predicted molar refractivity (Wildman–Crippen MR) is 44.5 cm³/mol. The van der Waals surface area contributed by atoms with Crippen LogP contribution in [0, 0.1) is 0 Å². The first kappa shape index (κ1) is 9.01. The zero-order valence-corrected chi connectivity index (χ0v) is 7.47. The number of aliphatic hydroxyl groups is 1. The lowest BCUT2D eigenvalue weighted by atomic mass is 9.93. The van der Waals surface area contributed by atoms with Crippen LogP contribution in [0.5, 0.6) is 0 Å². The fourth-order valence-corrected chi connectivity index (χ4v) is 2.02. The molecule has 0 saturated heterocycles. The lowest BCUT2D eigenvalue weighted by molar-refractivity contribution is -0.0986. The highest BCUT2D eigenvalue weighted by Gasteiger charge is 2.39. The van der Waals surface area contributed by atoms with Gasteiger partial charge in [0.15, 0.2) is 0 Å². The van der Waals surface area contributed by atoms with Gasteiger partial charge in [-0.15, -0.1) is 0 Å². The molecule has 66 valence electrons. The monoisotopic (exact) mass is 158 g/mol. The van der Waals surface area contributed by atoms with Crippen molar-refractivity contribution in [1.82, 2.24) is 0 Å². The average Bonchev–Trinajstić information content (AvgIpc) is 2.52. The second-order valence-corrected chi connectivity index (χ2v) is 3.40. The molecule has 1 unspecified atom stereocenters. The summed E-state index contributed by atoms with van der Waals surface area (Å²) < 4.78 is 5.40. The fourth-order valence-electron chi connectivity index (χ4n) is 2.02. The molecule has 0 aromatic rings. The van der Waals surface area contributed by atoms with E-state index in [0.717, 1.165) is 19.3 Å². The average molecular weight is 158 g/mol. The van der Waals surface area contributed by atoms with Crippen molar-refractivity contribution in [3.63, 3.8) is 0 Å². The van der Waals surface area contributed by atoms with Crippen LogP contribution >= 0.6 is 0 Å². The molecule has 1 aliphatic rings. The predicted octanol–water partition coefficient (Wildman–Crippen LogP) is 1.72. The molecule has 0 aromatic carbocycles. The summed E-state index contributed by atoms with van der Waals surface area (Å²) in [6.45, 7) is 2.00. The summed E-state index contributed by atoms with van der Waals surface area (Å²) >= 11 is 0. The van der Waals surface area contributed by atoms with Crippen LogP contribution in [0.15, 0.2) is 0 Å². The van der Waals surface area contributed by atoms with Crippen molar-refractivity contribution in [2.45, 2.75) is 50.7 Å². The summed E-state index contributed by atoms with van der Waals surface area (Å²) in [5.74, 6) is 0. The minimum atomic E-state index is -0.269. The topological polar surface area (TPSA) is 29.5 Å². The first-order chi connectivity index (χ1) is 5.25. The van der Waals surface area contributed by atoms with E-state index >= 15 is 0 Å². The molecular weight excluding hydrogens is 140 g/mol. The van der Waals surface area contributed by atoms with Crippen LogP contribution < -0.4 is 0 Å². The Kier molecular flexibility index (Phi) is 2.90. The summed E-state index contributed by atoms with van der Waals surface area (Å²) in [5, 5.41) is 9.68. The van der Waals surface area contributed by atoms with Crippen LogP contribution in [0.4, 0.5) is 0 Å². The zero-order valence-electron chi connectivity index (χ0n) is 7.47. The van der Waals surface area contributed by atoms with E-state index in [1.165, 1.54) is 12.8 Å². The molecule has 2 heteroatoms. The van der Waals surface area contributed by atoms with Crippen molar-refractivity contribution in [3.8, 4) is 0 Å². The Morgan fingerprint density at radius 2 is 2.00 bits per heavy atom. The van der Waals surface area contributed by atoms with Crippen molar-refractivity contribution in [2.24, 2.45) is 0 Å². The Balaban J connectivity index is 2.58. The van der Waals surface area contributed by atoms with Crippen LogP contribution in [0.1, 0.15) is 39.0 Å². The number of ether oxygens (including phenoxy) is 1. The second kappa shape index (κ2) is 3.55. The second-order valence-electron chi connectivity index (χ2n) is 3.40. The van der Waals surface area contributed by atoms with E-state index in [9.17, 15) is 5.11 Å². The van der Waals surface area contributed by atoms with Crippen LogP contribution in [-0.4, -0.2) is 23.9 Å². The zero-order chi connectivity index (χ0) is 8.32. The third-order valence-corrected chi connectivity index (χ3v) is 2.85. The Morgan fingerprint density at radius 1 is 1.45 bits per heavy atom. The number of hydrogen-bond donors (Lipinski definition) is 1. The molecular formula is C9H18O2. The molecule has 0 amide bonds. The van der Waals surface area contributed by atoms with Crippen LogP contribution in [0.2, 0.25) is 0 Å². The smallest absolute Gasteiger partial charge is 0.0936 e. The van der Waals surface area contributed by atoms with Crippen molar-refractivity contribution < 1.29 is 9.84 Å². The Bertz CT molecular complexity index is 117. The maximum Gasteiger partial charge on any atom is 0.0936 e. The third kappa shape index (κ3) is 1.57. The molecule has 1 atom stereocenters. The molecule has 1 saturated carbocycles. The van der Waals surface area contributed by atoms with Crippen LogP contribution in [0.25, 0.3) is 0 Å². The van der Waals surface area contributed by atoms with E-state index in [0.29, 0.717) is 0 Å². The quantitative estimate of drug-likeness (QED) is 0.677. The summed E-state index contributed by atoms with van der Waals surface area (Å²) in [6, 6.07) is 0. The third-order valence-electron chi connectivity index (χ3n) is 2.85. The van der Waals surface area contributed by atoms with Crippen molar-refractivity contribution in [3.05, 3.63) is 0 Å². The molecule has 11 heavy (non-hydrogen) atoms. The van der Waals surface area contributed by atoms with Crippen molar-refractivity contribution in [1.29, 1.82) is 0 Å². The van der Waals surface area contributed by atoms with Gasteiger partial charge in [0.2, 0.25) is 0 Å². The Labute approximate surface area is 68.6 Å². The fraction of sp³-hybridized carbons (Fsp3) is 1.00. The van der Waals surface area contributed by atoms with Gasteiger partial charge < -0.3 is 9.84 Å². The molecule has 0 aliphatic heterocycles. The van der Waals surface area contributed by atoms with E-state index in [1.807, 2.05) is 6.92 Å². The first-order valence-corrected chi connectivity index (χ1v) is 4.48. The minimum absolute atomic E-state index is 0.200. The maximum atomic E-state index is 9.68. The van der Waals surface area contributed by atoms with Gasteiger partial charge in [0, 0.05) is 7.11 Å². The number of methoxy groups -OCH3 is 1. The van der Waals surface area contributed by atoms with Gasteiger partial charge in [-0.2, -0.15) is 0 Å². The maximum absolute atomic E-state index is 9.68. The van der Waals surface area contributed by atoms with Crippen molar-refractivity contribution in [2.75, 3.05) is 7.11 Å². The summed E-state index contributed by atoms with van der Waals surface area (Å²) in [5.41, 5.74) is -0.200. The molecule has 1 rings (SSSR count). The van der Waals surface area contributed by atoms with Gasteiger partial charge >= 0.3 is 0 Å². The molecule has 1 aliphatic carbocycles. The van der Waals surface area contributed by atoms with E-state index in [2.05, 4.69) is 0 Å². The minimum Gasteiger partial charge on any atom is -0.390 e. The summed E-state index contributed by atoms with van der Waals surface area (Å²) in [7, 11) is 1.71. The number of aliphatic hydroxyl groups excluding tert-OH is 1. The van der Waals surface area contributed by atoms with Gasteiger partial charge in [-0.25, -0.2) is 0 Å². The first-order valence-electron chi connectivity index (χ1n) is 4.48.